The summed E-state index contributed by atoms with van der Waals surface area (Å²) in [6.07, 6.45) is 2.28. The first kappa shape index (κ1) is 60.1. The highest BCUT2D eigenvalue weighted by Gasteiger charge is 2.46. The maximum absolute atomic E-state index is 14.5. The van der Waals surface area contributed by atoms with Gasteiger partial charge in [-0.15, -0.1) is 11.3 Å². The number of rotatable bonds is 25. The zero-order valence-electron chi connectivity index (χ0n) is 46.2. The zero-order chi connectivity index (χ0) is 56.9. The van der Waals surface area contributed by atoms with Gasteiger partial charge in [-0.3, -0.25) is 24.2 Å². The number of ether oxygens (including phenoxy) is 6. The number of carbonyl (C=O) groups excluding carboxylic acids is 5. The number of benzene rings is 3. The number of thiazole rings is 1. The highest BCUT2D eigenvalue weighted by molar-refractivity contribution is 7.92. The number of sulfone groups is 1. The molecule has 21 nitrogen and oxygen atoms in total. The number of carbonyl (C=O) groups is 5. The molecule has 0 bridgehead atoms. The molecule has 428 valence electrons. The summed E-state index contributed by atoms with van der Waals surface area (Å²) in [6.45, 7) is 13.0. The van der Waals surface area contributed by atoms with Gasteiger partial charge in [0.25, 0.3) is 5.91 Å². The van der Waals surface area contributed by atoms with E-state index in [9.17, 15) is 32.4 Å². The average Bonchev–Trinajstić information content (AvgIpc) is 4.07. The standard InChI is InChI=1S/C56H74N8O13S2/c1-35(77-54(69)57-8)51(66)63-50(55(2,3)4)53(68)64-32-38(29-45(64)52(67)62-41-15-11-13-36-12-9-10-14-39(36)41)61-49(65)33-75-25-24-73-21-20-72-22-23-74-26-27-76-46-31-43-40(30-48(46)79(70,71)56(5,6)7)42(18-19-58-43)60-37-16-17-47-44(28-37)59-34-78-47/h9-10,12,14,16-19,28,30-31,34-35,38,41,45,50H,11,13,15,20-27,29,32-33H2,1-8H3,(H,57,69)(H,58,60)(H,61,65)(H,62,67)(H,63,66)/t35?,38-,41+,45-,50?/m0/s1. The van der Waals surface area contributed by atoms with Crippen molar-refractivity contribution in [2.45, 2.75) is 114 Å². The Morgan fingerprint density at radius 2 is 1.52 bits per heavy atom. The number of pyridine rings is 1. The van der Waals surface area contributed by atoms with Crippen molar-refractivity contribution in [3.05, 3.63) is 83.5 Å². The molecule has 23 heteroatoms. The van der Waals surface area contributed by atoms with Crippen LogP contribution in [0.25, 0.3) is 21.1 Å². The molecule has 0 spiro atoms. The Balaban J connectivity index is 0.824. The molecule has 3 heterocycles. The van der Waals surface area contributed by atoms with Gasteiger partial charge in [0.05, 0.1) is 78.3 Å². The molecule has 5 atom stereocenters. The van der Waals surface area contributed by atoms with E-state index in [2.05, 4.69) is 36.6 Å². The Hall–Kier alpha value is -6.50. The van der Waals surface area contributed by atoms with Crippen molar-refractivity contribution in [2.75, 3.05) is 78.4 Å². The van der Waals surface area contributed by atoms with E-state index in [1.54, 1.807) is 82.8 Å². The Morgan fingerprint density at radius 3 is 2.22 bits per heavy atom. The number of nitrogens with zero attached hydrogens (tertiary/aromatic N) is 3. The van der Waals surface area contributed by atoms with Crippen LogP contribution in [0.4, 0.5) is 16.2 Å². The molecular formula is C56H74N8O13S2. The zero-order valence-corrected chi connectivity index (χ0v) is 47.8. The fourth-order valence-electron chi connectivity index (χ4n) is 9.26. The van der Waals surface area contributed by atoms with Crippen molar-refractivity contribution in [1.29, 1.82) is 0 Å². The van der Waals surface area contributed by atoms with E-state index < -0.39 is 68.0 Å². The number of aryl methyl sites for hydroxylation is 1. The first-order valence-corrected chi connectivity index (χ1v) is 28.9. The van der Waals surface area contributed by atoms with E-state index in [-0.39, 0.29) is 95.0 Å². The number of likely N-dealkylation sites (tertiary alicyclic amines) is 1. The number of alkyl carbamates (subject to hydrolysis) is 1. The van der Waals surface area contributed by atoms with E-state index in [1.807, 2.05) is 42.5 Å². The predicted octanol–water partition coefficient (Wildman–Crippen LogP) is 6.16. The Kier molecular flexibility index (Phi) is 20.6. The van der Waals surface area contributed by atoms with Gasteiger partial charge in [-0.05, 0) is 100 Å². The Morgan fingerprint density at radius 1 is 0.823 bits per heavy atom. The topological polar surface area (TPSA) is 264 Å². The predicted molar refractivity (Wildman–Crippen MR) is 299 cm³/mol. The van der Waals surface area contributed by atoms with E-state index in [1.165, 1.54) is 18.9 Å². The summed E-state index contributed by atoms with van der Waals surface area (Å²) < 4.78 is 61.4. The van der Waals surface area contributed by atoms with E-state index in [0.29, 0.717) is 16.6 Å². The molecule has 0 radical (unpaired) electrons. The quantitative estimate of drug-likeness (QED) is 0.0410. The summed E-state index contributed by atoms with van der Waals surface area (Å²) in [5.74, 6) is -1.83. The summed E-state index contributed by atoms with van der Waals surface area (Å²) in [5.41, 5.74) is 6.06. The van der Waals surface area contributed by atoms with E-state index in [0.717, 1.165) is 46.3 Å². The van der Waals surface area contributed by atoms with Crippen LogP contribution >= 0.6 is 11.3 Å². The molecule has 2 aromatic heterocycles. The summed E-state index contributed by atoms with van der Waals surface area (Å²) in [4.78, 5) is 77.3. The third kappa shape index (κ3) is 15.9. The molecule has 0 saturated carbocycles. The molecule has 7 rings (SSSR count). The maximum Gasteiger partial charge on any atom is 0.407 e. The molecule has 2 aliphatic rings. The number of nitrogens with one attached hydrogen (secondary N) is 5. The number of amides is 5. The van der Waals surface area contributed by atoms with Crippen LogP contribution in [0.2, 0.25) is 0 Å². The van der Waals surface area contributed by atoms with E-state index >= 15 is 0 Å². The largest absolute Gasteiger partial charge is 0.490 e. The fourth-order valence-corrected chi connectivity index (χ4v) is 11.2. The van der Waals surface area contributed by atoms with Crippen LogP contribution in [0.5, 0.6) is 5.75 Å². The van der Waals surface area contributed by atoms with Crippen LogP contribution in [0, 0.1) is 5.41 Å². The van der Waals surface area contributed by atoms with Crippen molar-refractivity contribution in [2.24, 2.45) is 5.41 Å². The van der Waals surface area contributed by atoms with Gasteiger partial charge in [0.1, 0.15) is 35.9 Å². The van der Waals surface area contributed by atoms with Gasteiger partial charge >= 0.3 is 6.09 Å². The summed E-state index contributed by atoms with van der Waals surface area (Å²) in [6, 6.07) is 15.9. The molecule has 2 unspecified atom stereocenters. The lowest BCUT2D eigenvalue weighted by Gasteiger charge is -2.36. The monoisotopic (exact) mass is 1130 g/mol. The lowest BCUT2D eigenvalue weighted by Crippen LogP contribution is -2.59. The second kappa shape index (κ2) is 27.1. The summed E-state index contributed by atoms with van der Waals surface area (Å²) in [7, 11) is -2.48. The van der Waals surface area contributed by atoms with Crippen LogP contribution in [-0.4, -0.2) is 155 Å². The highest BCUT2D eigenvalue weighted by Crippen LogP contribution is 2.38. The van der Waals surface area contributed by atoms with Crippen LogP contribution < -0.4 is 31.3 Å². The fraction of sp³-hybridized carbons (Fsp3) is 0.518. The molecule has 79 heavy (non-hydrogen) atoms. The Bertz CT molecular complexity index is 3050. The lowest BCUT2D eigenvalue weighted by atomic mass is 9.85. The third-order valence-corrected chi connectivity index (χ3v) is 16.9. The number of hydrogen-bond acceptors (Lipinski definition) is 17. The summed E-state index contributed by atoms with van der Waals surface area (Å²) in [5, 5.41) is 15.2. The second-order valence-electron chi connectivity index (χ2n) is 21.5. The minimum atomic E-state index is -3.85. The molecule has 1 aliphatic heterocycles. The molecule has 1 aliphatic carbocycles. The highest BCUT2D eigenvalue weighted by atomic mass is 32.2. The minimum Gasteiger partial charge on any atom is -0.490 e. The van der Waals surface area contributed by atoms with Crippen molar-refractivity contribution in [1.82, 2.24) is 36.1 Å². The van der Waals surface area contributed by atoms with Crippen molar-refractivity contribution >= 4 is 83.4 Å². The molecule has 5 aromatic rings. The van der Waals surface area contributed by atoms with Gasteiger partial charge < -0.3 is 59.9 Å². The van der Waals surface area contributed by atoms with Crippen LogP contribution in [0.3, 0.4) is 0 Å². The Labute approximate surface area is 465 Å². The normalized spacial score (nSPS) is 17.4. The van der Waals surface area contributed by atoms with Gasteiger partial charge in [0.2, 0.25) is 17.7 Å². The second-order valence-corrected chi connectivity index (χ2v) is 25.0. The minimum absolute atomic E-state index is 0.000184. The van der Waals surface area contributed by atoms with Gasteiger partial charge in [-0.1, -0.05) is 45.0 Å². The summed E-state index contributed by atoms with van der Waals surface area (Å²) >= 11 is 1.55. The van der Waals surface area contributed by atoms with Crippen LogP contribution in [0.1, 0.15) is 84.9 Å². The van der Waals surface area contributed by atoms with E-state index in [4.69, 9.17) is 28.4 Å². The van der Waals surface area contributed by atoms with Gasteiger partial charge in [-0.2, -0.15) is 0 Å². The molecule has 5 N–H and O–H groups in total. The molecule has 1 saturated heterocycles. The van der Waals surface area contributed by atoms with Crippen molar-refractivity contribution < 1.29 is 60.8 Å². The van der Waals surface area contributed by atoms with Gasteiger partial charge in [0.15, 0.2) is 15.9 Å². The van der Waals surface area contributed by atoms with Crippen molar-refractivity contribution in [3.63, 3.8) is 0 Å². The smallest absolute Gasteiger partial charge is 0.407 e. The maximum atomic E-state index is 14.5. The van der Waals surface area contributed by atoms with Crippen LogP contribution in [-0.2, 0) is 59.1 Å². The molecule has 3 aromatic carbocycles. The average molecular weight is 1130 g/mol. The lowest BCUT2D eigenvalue weighted by molar-refractivity contribution is -0.145. The number of aromatic nitrogens is 2. The van der Waals surface area contributed by atoms with Gasteiger partial charge in [-0.25, -0.2) is 18.2 Å². The van der Waals surface area contributed by atoms with Crippen molar-refractivity contribution in [3.8, 4) is 5.75 Å². The molecule has 5 amide bonds. The molecular weight excluding hydrogens is 1060 g/mol. The first-order valence-electron chi connectivity index (χ1n) is 26.5. The molecule has 1 fully saturated rings. The first-order chi connectivity index (χ1) is 37.6. The van der Waals surface area contributed by atoms with Crippen LogP contribution in [0.15, 0.2) is 77.3 Å². The number of fused-ring (bicyclic) bond motifs is 3. The van der Waals surface area contributed by atoms with Gasteiger partial charge in [0, 0.05) is 48.7 Å². The number of anilines is 2. The third-order valence-electron chi connectivity index (χ3n) is 13.5. The number of hydrogen-bond donors (Lipinski definition) is 5. The SMILES string of the molecule is CNC(=O)OC(C)C(=O)NC(C(=O)N1C[C@@H](NC(=O)COCCOCCOCCOCCOc2cc3nccc(Nc4ccc5scnc5c4)c3cc2S(=O)(=O)C(C)(C)C)C[C@H]1C(=O)N[C@@H]1CCCc2ccccc21)C(C)(C)C.